The molecule has 1 aromatic rings. The second kappa shape index (κ2) is 11.3. The van der Waals surface area contributed by atoms with Crippen molar-refractivity contribution in [2.45, 2.75) is 25.7 Å². The van der Waals surface area contributed by atoms with E-state index in [2.05, 4.69) is 10.1 Å². The Morgan fingerprint density at radius 1 is 1.09 bits per heavy atom. The predicted molar refractivity (Wildman–Crippen MR) is 88.1 cm³/mol. The van der Waals surface area contributed by atoms with Crippen LogP contribution in [-0.4, -0.2) is 25.5 Å². The molecule has 1 amide bonds. The van der Waals surface area contributed by atoms with Crippen LogP contribution in [0.2, 0.25) is 0 Å². The molecular formula is C18H23NO3. The summed E-state index contributed by atoms with van der Waals surface area (Å²) in [6.07, 6.45) is 9.99. The number of benzene rings is 1. The van der Waals surface area contributed by atoms with Gasteiger partial charge in [0.15, 0.2) is 0 Å². The van der Waals surface area contributed by atoms with Crippen LogP contribution in [0.5, 0.6) is 0 Å². The third-order valence-electron chi connectivity index (χ3n) is 3.03. The molecule has 0 aliphatic rings. The lowest BCUT2D eigenvalue weighted by atomic mass is 10.2. The highest BCUT2D eigenvalue weighted by Crippen LogP contribution is 2.01. The van der Waals surface area contributed by atoms with E-state index >= 15 is 0 Å². The lowest BCUT2D eigenvalue weighted by molar-refractivity contribution is -0.140. The maximum absolute atomic E-state index is 11.5. The van der Waals surface area contributed by atoms with E-state index < -0.39 is 0 Å². The SMILES string of the molecule is COC(=O)CCCCCNC(=O)C=CC=Cc1ccccc1. The van der Waals surface area contributed by atoms with Crippen LogP contribution >= 0.6 is 0 Å². The molecule has 1 N–H and O–H groups in total. The van der Waals surface area contributed by atoms with E-state index in [1.165, 1.54) is 13.2 Å². The van der Waals surface area contributed by atoms with Crippen molar-refractivity contribution in [1.29, 1.82) is 0 Å². The minimum Gasteiger partial charge on any atom is -0.469 e. The molecule has 118 valence electrons. The van der Waals surface area contributed by atoms with Gasteiger partial charge in [0.05, 0.1) is 7.11 Å². The zero-order chi connectivity index (χ0) is 16.0. The summed E-state index contributed by atoms with van der Waals surface area (Å²) < 4.78 is 4.56. The number of esters is 1. The van der Waals surface area contributed by atoms with Crippen LogP contribution in [0, 0.1) is 0 Å². The number of unbranched alkanes of at least 4 members (excludes halogenated alkanes) is 2. The fourth-order valence-electron chi connectivity index (χ4n) is 1.82. The second-order valence-corrected chi connectivity index (χ2v) is 4.81. The molecule has 0 aliphatic heterocycles. The first-order valence-electron chi connectivity index (χ1n) is 7.47. The number of hydrogen-bond acceptors (Lipinski definition) is 3. The maximum atomic E-state index is 11.5. The van der Waals surface area contributed by atoms with Gasteiger partial charge in [-0.3, -0.25) is 9.59 Å². The highest BCUT2D eigenvalue weighted by Gasteiger charge is 1.99. The Morgan fingerprint density at radius 3 is 2.59 bits per heavy atom. The average Bonchev–Trinajstić information content (AvgIpc) is 2.55. The number of carbonyl (C=O) groups excluding carboxylic acids is 2. The van der Waals surface area contributed by atoms with Gasteiger partial charge in [-0.1, -0.05) is 55.0 Å². The summed E-state index contributed by atoms with van der Waals surface area (Å²) in [7, 11) is 1.39. The van der Waals surface area contributed by atoms with E-state index in [4.69, 9.17) is 0 Å². The molecule has 4 nitrogen and oxygen atoms in total. The van der Waals surface area contributed by atoms with Crippen LogP contribution in [0.15, 0.2) is 48.6 Å². The highest BCUT2D eigenvalue weighted by molar-refractivity contribution is 5.87. The number of nitrogens with one attached hydrogen (secondary N) is 1. The Kier molecular flexibility index (Phi) is 9.10. The van der Waals surface area contributed by atoms with E-state index in [1.54, 1.807) is 6.08 Å². The third-order valence-corrected chi connectivity index (χ3v) is 3.03. The van der Waals surface area contributed by atoms with Crippen LogP contribution in [-0.2, 0) is 14.3 Å². The monoisotopic (exact) mass is 301 g/mol. The smallest absolute Gasteiger partial charge is 0.305 e. The van der Waals surface area contributed by atoms with Crippen molar-refractivity contribution in [2.75, 3.05) is 13.7 Å². The molecule has 22 heavy (non-hydrogen) atoms. The van der Waals surface area contributed by atoms with Crippen LogP contribution in [0.1, 0.15) is 31.2 Å². The van der Waals surface area contributed by atoms with Gasteiger partial charge in [0.2, 0.25) is 5.91 Å². The van der Waals surface area contributed by atoms with Crippen molar-refractivity contribution in [3.8, 4) is 0 Å². The van der Waals surface area contributed by atoms with Gasteiger partial charge >= 0.3 is 5.97 Å². The summed E-state index contributed by atoms with van der Waals surface area (Å²) in [6.45, 7) is 0.618. The van der Waals surface area contributed by atoms with Crippen LogP contribution in [0.4, 0.5) is 0 Å². The van der Waals surface area contributed by atoms with E-state index in [0.717, 1.165) is 24.8 Å². The Balaban J connectivity index is 2.09. The van der Waals surface area contributed by atoms with Gasteiger partial charge in [-0.05, 0) is 18.4 Å². The fraction of sp³-hybridized carbons (Fsp3) is 0.333. The topological polar surface area (TPSA) is 55.4 Å². The van der Waals surface area contributed by atoms with Gasteiger partial charge in [-0.15, -0.1) is 0 Å². The molecule has 0 aliphatic carbocycles. The standard InChI is InChI=1S/C18H23NO3/c1-22-18(21)14-6-3-9-15-19-17(20)13-8-7-12-16-10-4-2-5-11-16/h2,4-5,7-8,10-13H,3,6,9,14-15H2,1H3,(H,19,20). The molecule has 0 unspecified atom stereocenters. The average molecular weight is 301 g/mol. The number of methoxy groups -OCH3 is 1. The summed E-state index contributed by atoms with van der Waals surface area (Å²) >= 11 is 0. The van der Waals surface area contributed by atoms with E-state index in [1.807, 2.05) is 42.5 Å². The first-order chi connectivity index (χ1) is 10.7. The summed E-state index contributed by atoms with van der Waals surface area (Å²) in [5.74, 6) is -0.289. The molecule has 4 heteroatoms. The van der Waals surface area contributed by atoms with Crippen molar-refractivity contribution in [1.82, 2.24) is 5.32 Å². The number of carbonyl (C=O) groups is 2. The molecule has 0 bridgehead atoms. The van der Waals surface area contributed by atoms with Gasteiger partial charge in [-0.2, -0.15) is 0 Å². The summed E-state index contributed by atoms with van der Waals surface area (Å²) in [5.41, 5.74) is 1.10. The number of rotatable bonds is 9. The molecule has 1 rings (SSSR count). The molecule has 0 saturated carbocycles. The van der Waals surface area contributed by atoms with E-state index in [-0.39, 0.29) is 11.9 Å². The van der Waals surface area contributed by atoms with Gasteiger partial charge in [0, 0.05) is 19.0 Å². The normalized spacial score (nSPS) is 11.0. The number of hydrogen-bond donors (Lipinski definition) is 1. The lowest BCUT2D eigenvalue weighted by Gasteiger charge is -2.02. The van der Waals surface area contributed by atoms with Crippen molar-refractivity contribution < 1.29 is 14.3 Å². The molecule has 0 fully saturated rings. The van der Waals surface area contributed by atoms with Gasteiger partial charge in [-0.25, -0.2) is 0 Å². The van der Waals surface area contributed by atoms with Gasteiger partial charge in [0.1, 0.15) is 0 Å². The Morgan fingerprint density at radius 2 is 1.86 bits per heavy atom. The van der Waals surface area contributed by atoms with E-state index in [9.17, 15) is 9.59 Å². The summed E-state index contributed by atoms with van der Waals surface area (Å²) in [6, 6.07) is 9.90. The zero-order valence-corrected chi connectivity index (χ0v) is 13.0. The Labute approximate surface area is 131 Å². The Hall–Kier alpha value is -2.36. The molecule has 0 spiro atoms. The van der Waals surface area contributed by atoms with Crippen LogP contribution in [0.25, 0.3) is 6.08 Å². The number of allylic oxidation sites excluding steroid dienone is 2. The minimum atomic E-state index is -0.183. The molecule has 0 aromatic heterocycles. The van der Waals surface area contributed by atoms with Crippen molar-refractivity contribution in [3.05, 3.63) is 54.1 Å². The van der Waals surface area contributed by atoms with Crippen molar-refractivity contribution in [2.24, 2.45) is 0 Å². The highest BCUT2D eigenvalue weighted by atomic mass is 16.5. The molecular weight excluding hydrogens is 278 g/mol. The first-order valence-corrected chi connectivity index (χ1v) is 7.47. The summed E-state index contributed by atoms with van der Waals surface area (Å²) in [4.78, 5) is 22.4. The molecule has 0 heterocycles. The van der Waals surface area contributed by atoms with Gasteiger partial charge < -0.3 is 10.1 Å². The first kappa shape index (κ1) is 17.7. The quantitative estimate of drug-likeness (QED) is 0.330. The molecule has 1 aromatic carbocycles. The fourth-order valence-corrected chi connectivity index (χ4v) is 1.82. The van der Waals surface area contributed by atoms with Crippen LogP contribution < -0.4 is 5.32 Å². The largest absolute Gasteiger partial charge is 0.469 e. The summed E-state index contributed by atoms with van der Waals surface area (Å²) in [5, 5.41) is 2.81. The number of amides is 1. The third kappa shape index (κ3) is 8.74. The van der Waals surface area contributed by atoms with Crippen LogP contribution in [0.3, 0.4) is 0 Å². The molecule has 0 saturated heterocycles. The van der Waals surface area contributed by atoms with Crippen molar-refractivity contribution in [3.63, 3.8) is 0 Å². The Bertz CT molecular complexity index is 506. The van der Waals surface area contributed by atoms with Crippen molar-refractivity contribution >= 4 is 18.0 Å². The molecule has 0 atom stereocenters. The zero-order valence-electron chi connectivity index (χ0n) is 13.0. The maximum Gasteiger partial charge on any atom is 0.305 e. The minimum absolute atomic E-state index is 0.106. The number of ether oxygens (including phenoxy) is 1. The second-order valence-electron chi connectivity index (χ2n) is 4.81. The lowest BCUT2D eigenvalue weighted by Crippen LogP contribution is -2.22. The van der Waals surface area contributed by atoms with Gasteiger partial charge in [0.25, 0.3) is 0 Å². The molecule has 0 radical (unpaired) electrons. The van der Waals surface area contributed by atoms with E-state index in [0.29, 0.717) is 13.0 Å². The predicted octanol–water partition coefficient (Wildman–Crippen LogP) is 3.11.